The molecule has 0 fully saturated rings. The van der Waals surface area contributed by atoms with Gasteiger partial charge in [-0.3, -0.25) is 19.2 Å². The Morgan fingerprint density at radius 1 is 0.944 bits per heavy atom. The molecule has 11 heteroatoms. The van der Waals surface area contributed by atoms with Crippen LogP contribution in [-0.4, -0.2) is 28.7 Å². The van der Waals surface area contributed by atoms with Gasteiger partial charge in [0.1, 0.15) is 5.75 Å². The number of ether oxygens (including phenoxy) is 1. The van der Waals surface area contributed by atoms with Crippen LogP contribution >= 0.6 is 39.5 Å². The predicted octanol–water partition coefficient (Wildman–Crippen LogP) is 6.53. The lowest BCUT2D eigenvalue weighted by molar-refractivity contribution is -0.384. The molecule has 0 saturated heterocycles. The minimum Gasteiger partial charge on any atom is -0.458 e. The monoisotopic (exact) mass is 637 g/mol. The molecule has 2 N–H and O–H groups in total. The van der Waals surface area contributed by atoms with Crippen molar-refractivity contribution in [2.24, 2.45) is 0 Å². The van der Waals surface area contributed by atoms with Crippen LogP contribution in [0.25, 0.3) is 11.1 Å². The van der Waals surface area contributed by atoms with Gasteiger partial charge >= 0.3 is 7.67 Å². The molecule has 0 aromatic heterocycles. The molecule has 0 saturated carbocycles. The molecule has 0 radical (unpaired) electrons. The van der Waals surface area contributed by atoms with Crippen molar-refractivity contribution < 1.29 is 18.7 Å². The zero-order chi connectivity index (χ0) is 25.6. The topological polar surface area (TPSA) is 103 Å². The summed E-state index contributed by atoms with van der Waals surface area (Å²) in [6.45, 7) is 0.809. The van der Waals surface area contributed by atoms with Crippen LogP contribution < -0.4 is 14.9 Å². The first kappa shape index (κ1) is 27.0. The van der Waals surface area contributed by atoms with Gasteiger partial charge in [0.25, 0.3) is 5.69 Å². The molecule has 0 bridgehead atoms. The summed E-state index contributed by atoms with van der Waals surface area (Å²) >= 11 is 6.70. The van der Waals surface area contributed by atoms with Gasteiger partial charge in [0.2, 0.25) is 5.79 Å². The fraction of sp³-hybridized carbons (Fsp3) is 0.280. The summed E-state index contributed by atoms with van der Waals surface area (Å²) in [5.41, 5.74) is 3.47. The lowest BCUT2D eigenvalue weighted by Gasteiger charge is -2.35. The minimum absolute atomic E-state index is 0.00484. The highest BCUT2D eigenvalue weighted by Gasteiger charge is 2.48. The molecule has 1 unspecified atom stereocenters. The van der Waals surface area contributed by atoms with Crippen molar-refractivity contribution in [3.05, 3.63) is 94.0 Å². The van der Waals surface area contributed by atoms with Crippen LogP contribution in [0, 0.1) is 10.1 Å². The van der Waals surface area contributed by atoms with E-state index in [2.05, 4.69) is 42.0 Å². The molecule has 8 nitrogen and oxygen atoms in total. The van der Waals surface area contributed by atoms with Crippen LogP contribution in [0.4, 0.5) is 5.69 Å². The molecule has 1 aliphatic carbocycles. The number of nitrogens with one attached hydrogen (secondary N) is 2. The Labute approximate surface area is 226 Å². The lowest BCUT2D eigenvalue weighted by Crippen LogP contribution is -2.38. The third-order valence-corrected chi connectivity index (χ3v) is 8.41. The molecule has 1 atom stereocenters. The van der Waals surface area contributed by atoms with E-state index in [1.807, 2.05) is 54.6 Å². The lowest BCUT2D eigenvalue weighted by atomic mass is 10.1. The summed E-state index contributed by atoms with van der Waals surface area (Å²) in [7, 11) is -3.57. The predicted molar refractivity (Wildman–Crippen MR) is 148 cm³/mol. The van der Waals surface area contributed by atoms with Gasteiger partial charge in [-0.25, -0.2) is 10.2 Å². The van der Waals surface area contributed by atoms with Crippen LogP contribution in [0.5, 0.6) is 5.75 Å². The molecule has 3 aromatic carbocycles. The maximum absolute atomic E-state index is 13.8. The molecule has 4 rings (SSSR count). The summed E-state index contributed by atoms with van der Waals surface area (Å²) in [5, 5.41) is 18.4. The first-order valence-electron chi connectivity index (χ1n) is 11.4. The van der Waals surface area contributed by atoms with Crippen molar-refractivity contribution in [2.75, 3.05) is 23.7 Å². The van der Waals surface area contributed by atoms with Crippen molar-refractivity contribution in [3.8, 4) is 16.9 Å². The van der Waals surface area contributed by atoms with Gasteiger partial charge in [-0.05, 0) is 41.3 Å². The van der Waals surface area contributed by atoms with Gasteiger partial charge in [-0.15, -0.1) is 0 Å². The van der Waals surface area contributed by atoms with Gasteiger partial charge in [0.05, 0.1) is 4.92 Å². The van der Waals surface area contributed by atoms with E-state index >= 15 is 0 Å². The molecule has 0 heterocycles. The highest BCUT2D eigenvalue weighted by molar-refractivity contribution is 9.09. The number of aryl methyl sites for hydroxylation is 1. The van der Waals surface area contributed by atoms with Gasteiger partial charge in [0.15, 0.2) is 0 Å². The quantitative estimate of drug-likeness (QED) is 0.0764. The maximum atomic E-state index is 13.8. The summed E-state index contributed by atoms with van der Waals surface area (Å²) < 4.78 is 26.6. The molecule has 0 spiro atoms. The molecular weight excluding hydrogens is 613 g/mol. The SMILES string of the molecule is O=[N+]([O-])c1ccc2c(c1)CCC2(Oc1ccc(-c2ccccc2)cc1)OP(=O)(NCCBr)NCCBr. The van der Waals surface area contributed by atoms with Gasteiger partial charge in [-0.2, -0.15) is 0 Å². The second-order valence-corrected chi connectivity index (χ2v) is 11.7. The number of halogens is 2. The van der Waals surface area contributed by atoms with E-state index < -0.39 is 18.4 Å². The summed E-state index contributed by atoms with van der Waals surface area (Å²) in [5.74, 6) is -0.860. The molecule has 190 valence electrons. The zero-order valence-electron chi connectivity index (χ0n) is 19.4. The highest BCUT2D eigenvalue weighted by atomic mass is 79.9. The Morgan fingerprint density at radius 2 is 1.58 bits per heavy atom. The van der Waals surface area contributed by atoms with E-state index in [0.29, 0.717) is 47.9 Å². The summed E-state index contributed by atoms with van der Waals surface area (Å²) in [4.78, 5) is 10.9. The van der Waals surface area contributed by atoms with E-state index in [1.165, 1.54) is 12.1 Å². The Morgan fingerprint density at radius 3 is 2.19 bits per heavy atom. The Bertz CT molecular complexity index is 1230. The molecule has 1 aliphatic rings. The van der Waals surface area contributed by atoms with Crippen LogP contribution in [-0.2, 0) is 21.3 Å². The number of non-ortho nitro benzene ring substituents is 1. The van der Waals surface area contributed by atoms with Crippen LogP contribution in [0.3, 0.4) is 0 Å². The van der Waals surface area contributed by atoms with E-state index in [0.717, 1.165) is 16.7 Å². The number of nitro groups is 1. The fourth-order valence-corrected chi connectivity index (χ4v) is 6.87. The molecule has 36 heavy (non-hydrogen) atoms. The summed E-state index contributed by atoms with van der Waals surface area (Å²) in [6.07, 6.45) is 0.829. The van der Waals surface area contributed by atoms with E-state index in [4.69, 9.17) is 9.26 Å². The number of fused-ring (bicyclic) bond motifs is 1. The maximum Gasteiger partial charge on any atom is 0.344 e. The Balaban J connectivity index is 1.70. The third kappa shape index (κ3) is 6.25. The number of hydrogen-bond acceptors (Lipinski definition) is 5. The number of rotatable bonds is 12. The minimum atomic E-state index is -3.57. The number of nitro benzene ring substituents is 1. The van der Waals surface area contributed by atoms with Crippen molar-refractivity contribution >= 4 is 45.2 Å². The number of nitrogens with zero attached hydrogens (tertiary/aromatic N) is 1. The van der Waals surface area contributed by atoms with Gasteiger partial charge in [0, 0.05) is 47.9 Å². The average molecular weight is 639 g/mol. The van der Waals surface area contributed by atoms with E-state index in [9.17, 15) is 14.7 Å². The average Bonchev–Trinajstić information content (AvgIpc) is 3.24. The molecule has 0 aliphatic heterocycles. The van der Waals surface area contributed by atoms with Gasteiger partial charge in [-0.1, -0.05) is 74.3 Å². The van der Waals surface area contributed by atoms with Crippen molar-refractivity contribution in [2.45, 2.75) is 18.6 Å². The zero-order valence-corrected chi connectivity index (χ0v) is 23.4. The third-order valence-electron chi connectivity index (χ3n) is 5.78. The number of hydrogen-bond donors (Lipinski definition) is 2. The van der Waals surface area contributed by atoms with Crippen molar-refractivity contribution in [3.63, 3.8) is 0 Å². The van der Waals surface area contributed by atoms with Crippen LogP contribution in [0.1, 0.15) is 17.5 Å². The van der Waals surface area contributed by atoms with E-state index in [-0.39, 0.29) is 5.69 Å². The smallest absolute Gasteiger partial charge is 0.344 e. The summed E-state index contributed by atoms with van der Waals surface area (Å²) in [6, 6.07) is 22.2. The number of alkyl halides is 2. The Hall–Kier alpha value is -2.07. The first-order valence-corrected chi connectivity index (χ1v) is 15.3. The second kappa shape index (κ2) is 12.0. The van der Waals surface area contributed by atoms with E-state index in [1.54, 1.807) is 6.07 Å². The normalized spacial score (nSPS) is 17.1. The van der Waals surface area contributed by atoms with Crippen molar-refractivity contribution in [1.29, 1.82) is 0 Å². The number of benzene rings is 3. The van der Waals surface area contributed by atoms with Crippen LogP contribution in [0.15, 0.2) is 72.8 Å². The molecule has 0 amide bonds. The van der Waals surface area contributed by atoms with Crippen molar-refractivity contribution in [1.82, 2.24) is 10.2 Å². The molecule has 3 aromatic rings. The largest absolute Gasteiger partial charge is 0.458 e. The Kier molecular flexibility index (Phi) is 8.98. The standard InChI is InChI=1S/C25H26Br2N3O5P/c26-14-16-28-36(33,29-17-15-27)35-25(13-12-21-18-22(30(31)32)8-11-24(21)25)34-23-9-6-20(7-10-23)19-4-2-1-3-5-19/h1-11,18H,12-17H2,(H2,28,29,33). The second-order valence-electron chi connectivity index (χ2n) is 8.18. The fourth-order valence-electron chi connectivity index (χ4n) is 4.17. The first-order chi connectivity index (χ1) is 17.4. The highest BCUT2D eigenvalue weighted by Crippen LogP contribution is 2.52. The van der Waals surface area contributed by atoms with Crippen LogP contribution in [0.2, 0.25) is 0 Å². The molecular formula is C25H26Br2N3O5P. The van der Waals surface area contributed by atoms with Gasteiger partial charge < -0.3 is 4.74 Å².